The van der Waals surface area contributed by atoms with Gasteiger partial charge in [0.2, 0.25) is 0 Å². The molecule has 2 amide bonds. The maximum atomic E-state index is 12.0. The number of hydrogen-bond donors (Lipinski definition) is 2. The van der Waals surface area contributed by atoms with Crippen LogP contribution in [-0.4, -0.2) is 6.03 Å². The van der Waals surface area contributed by atoms with E-state index in [1.807, 2.05) is 13.0 Å². The third-order valence-corrected chi connectivity index (χ3v) is 3.63. The molecule has 0 saturated carbocycles. The second kappa shape index (κ2) is 7.17. The second-order valence-electron chi connectivity index (χ2n) is 4.64. The molecule has 0 aliphatic rings. The van der Waals surface area contributed by atoms with E-state index >= 15 is 0 Å². The van der Waals surface area contributed by atoms with Crippen LogP contribution in [0.25, 0.3) is 0 Å². The average Bonchev–Trinajstić information content (AvgIpc) is 2.47. The first-order valence-corrected chi connectivity index (χ1v) is 7.28. The third kappa shape index (κ3) is 3.91. The fourth-order valence-electron chi connectivity index (χ4n) is 1.98. The Labute approximate surface area is 138 Å². The molecule has 22 heavy (non-hydrogen) atoms. The summed E-state index contributed by atoms with van der Waals surface area (Å²) in [6.07, 6.45) is 0. The highest BCUT2D eigenvalue weighted by Crippen LogP contribution is 2.26. The van der Waals surface area contributed by atoms with Crippen LogP contribution in [0.15, 0.2) is 42.5 Å². The van der Waals surface area contributed by atoms with E-state index in [4.69, 9.17) is 28.5 Å². The van der Waals surface area contributed by atoms with Gasteiger partial charge in [0.05, 0.1) is 17.3 Å². The minimum Gasteiger partial charge on any atom is -0.331 e. The van der Waals surface area contributed by atoms with Crippen molar-refractivity contribution in [2.24, 2.45) is 0 Å². The molecule has 0 heterocycles. The molecular weight excluding hydrogens is 321 g/mol. The van der Waals surface area contributed by atoms with Crippen molar-refractivity contribution in [3.05, 3.63) is 63.6 Å². The first-order valence-electron chi connectivity index (χ1n) is 6.53. The Morgan fingerprint density at radius 2 is 1.95 bits per heavy atom. The van der Waals surface area contributed by atoms with Crippen molar-refractivity contribution in [2.75, 3.05) is 5.32 Å². The first kappa shape index (κ1) is 16.2. The summed E-state index contributed by atoms with van der Waals surface area (Å²) in [5.41, 5.74) is 1.61. The topological polar surface area (TPSA) is 64.9 Å². The summed E-state index contributed by atoms with van der Waals surface area (Å²) < 4.78 is 0. The van der Waals surface area contributed by atoms with Crippen molar-refractivity contribution in [2.45, 2.75) is 13.0 Å². The van der Waals surface area contributed by atoms with E-state index in [-0.39, 0.29) is 6.04 Å². The number of amides is 2. The summed E-state index contributed by atoms with van der Waals surface area (Å²) in [7, 11) is 0. The van der Waals surface area contributed by atoms with Crippen LogP contribution in [0.3, 0.4) is 0 Å². The van der Waals surface area contributed by atoms with Crippen LogP contribution in [0.2, 0.25) is 10.0 Å². The summed E-state index contributed by atoms with van der Waals surface area (Å²) in [6, 6.07) is 13.2. The normalized spacial score (nSPS) is 11.4. The number of nitrogens with zero attached hydrogens (tertiary/aromatic N) is 1. The van der Waals surface area contributed by atoms with Crippen LogP contribution < -0.4 is 10.6 Å². The summed E-state index contributed by atoms with van der Waals surface area (Å²) in [5, 5.41) is 15.4. The minimum absolute atomic E-state index is 0.306. The Bertz CT molecular complexity index is 740. The first-order chi connectivity index (χ1) is 10.5. The quantitative estimate of drug-likeness (QED) is 0.851. The van der Waals surface area contributed by atoms with E-state index in [0.717, 1.165) is 5.56 Å². The lowest BCUT2D eigenvalue weighted by molar-refractivity contribution is 0.249. The Hall–Kier alpha value is -2.22. The van der Waals surface area contributed by atoms with Gasteiger partial charge >= 0.3 is 6.03 Å². The maximum Gasteiger partial charge on any atom is 0.319 e. The van der Waals surface area contributed by atoms with E-state index in [0.29, 0.717) is 21.3 Å². The molecule has 0 fully saturated rings. The highest BCUT2D eigenvalue weighted by atomic mass is 35.5. The van der Waals surface area contributed by atoms with Gasteiger partial charge in [-0.25, -0.2) is 4.79 Å². The summed E-state index contributed by atoms with van der Waals surface area (Å²) in [6.45, 7) is 1.81. The number of hydrogen-bond acceptors (Lipinski definition) is 2. The van der Waals surface area contributed by atoms with Gasteiger partial charge in [0.25, 0.3) is 0 Å². The SMILES string of the molecule is CC(NC(=O)Nc1ccccc1C#N)c1ccc(Cl)cc1Cl. The molecule has 2 aromatic carbocycles. The van der Waals surface area contributed by atoms with E-state index in [2.05, 4.69) is 10.6 Å². The summed E-state index contributed by atoms with van der Waals surface area (Å²) in [4.78, 5) is 12.0. The highest BCUT2D eigenvalue weighted by Gasteiger charge is 2.13. The third-order valence-electron chi connectivity index (χ3n) is 3.07. The number of para-hydroxylation sites is 1. The number of carbonyl (C=O) groups excluding carboxylic acids is 1. The van der Waals surface area contributed by atoms with Crippen molar-refractivity contribution in [3.63, 3.8) is 0 Å². The molecule has 0 aliphatic heterocycles. The lowest BCUT2D eigenvalue weighted by atomic mass is 10.1. The van der Waals surface area contributed by atoms with E-state index in [9.17, 15) is 4.79 Å². The molecule has 2 rings (SSSR count). The number of urea groups is 1. The molecule has 1 atom stereocenters. The van der Waals surface area contributed by atoms with Crippen LogP contribution in [0, 0.1) is 11.3 Å². The Balaban J connectivity index is 2.07. The highest BCUT2D eigenvalue weighted by molar-refractivity contribution is 6.35. The van der Waals surface area contributed by atoms with Gasteiger partial charge in [-0.05, 0) is 36.8 Å². The molecule has 6 heteroatoms. The maximum absolute atomic E-state index is 12.0. The van der Waals surface area contributed by atoms with Crippen LogP contribution in [0.5, 0.6) is 0 Å². The molecular formula is C16H13Cl2N3O. The van der Waals surface area contributed by atoms with Crippen LogP contribution in [0.4, 0.5) is 10.5 Å². The molecule has 1 unspecified atom stereocenters. The van der Waals surface area contributed by atoms with Crippen molar-refractivity contribution in [1.29, 1.82) is 5.26 Å². The van der Waals surface area contributed by atoms with Gasteiger partial charge < -0.3 is 10.6 Å². The van der Waals surface area contributed by atoms with Gasteiger partial charge in [-0.2, -0.15) is 5.26 Å². The van der Waals surface area contributed by atoms with E-state index < -0.39 is 6.03 Å². The van der Waals surface area contributed by atoms with Crippen LogP contribution in [-0.2, 0) is 0 Å². The van der Waals surface area contributed by atoms with Gasteiger partial charge in [-0.15, -0.1) is 0 Å². The van der Waals surface area contributed by atoms with Gasteiger partial charge in [0.15, 0.2) is 0 Å². The smallest absolute Gasteiger partial charge is 0.319 e. The van der Waals surface area contributed by atoms with E-state index in [1.54, 1.807) is 42.5 Å². The Kier molecular flexibility index (Phi) is 5.26. The molecule has 0 bridgehead atoms. The fraction of sp³-hybridized carbons (Fsp3) is 0.125. The molecule has 0 saturated heterocycles. The lowest BCUT2D eigenvalue weighted by Gasteiger charge is -2.17. The minimum atomic E-state index is -0.416. The van der Waals surface area contributed by atoms with Crippen LogP contribution >= 0.6 is 23.2 Å². The molecule has 2 aromatic rings. The number of nitriles is 1. The molecule has 0 spiro atoms. The predicted molar refractivity (Wildman–Crippen MR) is 88.2 cm³/mol. The zero-order valence-electron chi connectivity index (χ0n) is 11.7. The van der Waals surface area contributed by atoms with Gasteiger partial charge in [-0.3, -0.25) is 0 Å². The van der Waals surface area contributed by atoms with Gasteiger partial charge in [0.1, 0.15) is 6.07 Å². The standard InChI is InChI=1S/C16H13Cl2N3O/c1-10(13-7-6-12(17)8-14(13)18)20-16(22)21-15-5-3-2-4-11(15)9-19/h2-8,10H,1H3,(H2,20,21,22). The molecule has 0 radical (unpaired) electrons. The average molecular weight is 334 g/mol. The zero-order valence-corrected chi connectivity index (χ0v) is 13.2. The second-order valence-corrected chi connectivity index (χ2v) is 5.49. The van der Waals surface area contributed by atoms with E-state index in [1.165, 1.54) is 0 Å². The Morgan fingerprint density at radius 3 is 2.64 bits per heavy atom. The Morgan fingerprint density at radius 1 is 1.23 bits per heavy atom. The number of benzene rings is 2. The predicted octanol–water partition coefficient (Wildman–Crippen LogP) is 4.75. The summed E-state index contributed by atoms with van der Waals surface area (Å²) >= 11 is 12.0. The molecule has 0 aromatic heterocycles. The van der Waals surface area contributed by atoms with Crippen molar-refractivity contribution in [1.82, 2.24) is 5.32 Å². The lowest BCUT2D eigenvalue weighted by Crippen LogP contribution is -2.31. The molecule has 112 valence electrons. The zero-order chi connectivity index (χ0) is 16.1. The molecule has 0 aliphatic carbocycles. The van der Waals surface area contributed by atoms with Gasteiger partial charge in [0, 0.05) is 10.0 Å². The van der Waals surface area contributed by atoms with Crippen molar-refractivity contribution in [3.8, 4) is 6.07 Å². The van der Waals surface area contributed by atoms with Crippen LogP contribution in [0.1, 0.15) is 24.1 Å². The largest absolute Gasteiger partial charge is 0.331 e. The molecule has 4 nitrogen and oxygen atoms in total. The number of nitrogens with one attached hydrogen (secondary N) is 2. The van der Waals surface area contributed by atoms with Crippen molar-refractivity contribution >= 4 is 34.9 Å². The monoisotopic (exact) mass is 333 g/mol. The number of rotatable bonds is 3. The number of halogens is 2. The summed E-state index contributed by atoms with van der Waals surface area (Å²) in [5.74, 6) is 0. The van der Waals surface area contributed by atoms with Crippen molar-refractivity contribution < 1.29 is 4.79 Å². The number of carbonyl (C=O) groups is 1. The van der Waals surface area contributed by atoms with Gasteiger partial charge in [-0.1, -0.05) is 41.4 Å². The molecule has 2 N–H and O–H groups in total. The number of anilines is 1. The fourth-order valence-corrected chi connectivity index (χ4v) is 2.55.